The highest BCUT2D eigenvalue weighted by Crippen LogP contribution is 2.13. The van der Waals surface area contributed by atoms with Gasteiger partial charge in [0.05, 0.1) is 0 Å². The molecular weight excluding hydrogens is 246 g/mol. The number of amidine groups is 1. The van der Waals surface area contributed by atoms with Gasteiger partial charge in [-0.1, -0.05) is 5.16 Å². The van der Waals surface area contributed by atoms with E-state index in [1.165, 1.54) is 0 Å². The van der Waals surface area contributed by atoms with E-state index in [0.29, 0.717) is 17.0 Å². The van der Waals surface area contributed by atoms with Crippen LogP contribution in [0.4, 0.5) is 5.69 Å². The minimum absolute atomic E-state index is 0.0135. The van der Waals surface area contributed by atoms with Crippen LogP contribution in [0, 0.1) is 6.92 Å². The fraction of sp³-hybridized carbons (Fsp3) is 0.0769. The summed E-state index contributed by atoms with van der Waals surface area (Å²) >= 11 is 0. The lowest BCUT2D eigenvalue weighted by Crippen LogP contribution is -2.14. The van der Waals surface area contributed by atoms with Gasteiger partial charge in [0, 0.05) is 11.3 Å². The SMILES string of the molecule is Cc1ccc(C(=O)Nc2ccc(/C(N)=N/O)cc2)o1. The predicted molar refractivity (Wildman–Crippen MR) is 70.4 cm³/mol. The summed E-state index contributed by atoms with van der Waals surface area (Å²) in [5.41, 5.74) is 6.59. The first-order valence-corrected chi connectivity index (χ1v) is 5.56. The van der Waals surface area contributed by atoms with Gasteiger partial charge >= 0.3 is 0 Å². The number of carbonyl (C=O) groups is 1. The number of carbonyl (C=O) groups excluding carboxylic acids is 1. The van der Waals surface area contributed by atoms with Crippen molar-refractivity contribution >= 4 is 17.4 Å². The van der Waals surface area contributed by atoms with E-state index in [9.17, 15) is 4.79 Å². The van der Waals surface area contributed by atoms with Crippen LogP contribution in [0.15, 0.2) is 46.0 Å². The molecule has 4 N–H and O–H groups in total. The number of rotatable bonds is 3. The normalized spacial score (nSPS) is 11.3. The average Bonchev–Trinajstić information content (AvgIpc) is 2.85. The molecule has 19 heavy (non-hydrogen) atoms. The molecular formula is C13H13N3O3. The molecule has 0 atom stereocenters. The van der Waals surface area contributed by atoms with E-state index in [-0.39, 0.29) is 17.5 Å². The third kappa shape index (κ3) is 2.92. The minimum atomic E-state index is -0.329. The number of anilines is 1. The van der Waals surface area contributed by atoms with Crippen molar-refractivity contribution in [2.24, 2.45) is 10.9 Å². The van der Waals surface area contributed by atoms with E-state index in [2.05, 4.69) is 10.5 Å². The van der Waals surface area contributed by atoms with Crippen molar-refractivity contribution in [1.82, 2.24) is 0 Å². The molecule has 0 unspecified atom stereocenters. The molecule has 0 bridgehead atoms. The van der Waals surface area contributed by atoms with Crippen LogP contribution >= 0.6 is 0 Å². The van der Waals surface area contributed by atoms with Gasteiger partial charge in [-0.3, -0.25) is 4.79 Å². The first-order chi connectivity index (χ1) is 9.10. The Morgan fingerprint density at radius 2 is 1.95 bits per heavy atom. The van der Waals surface area contributed by atoms with Gasteiger partial charge in [0.2, 0.25) is 0 Å². The van der Waals surface area contributed by atoms with Crippen molar-refractivity contribution in [2.45, 2.75) is 6.92 Å². The number of nitrogens with two attached hydrogens (primary N) is 1. The molecule has 0 radical (unpaired) electrons. The quantitative estimate of drug-likeness (QED) is 0.339. The van der Waals surface area contributed by atoms with Crippen molar-refractivity contribution in [3.05, 3.63) is 53.5 Å². The molecule has 0 aliphatic rings. The molecule has 1 heterocycles. The molecule has 1 aromatic heterocycles. The Labute approximate surface area is 109 Å². The Hall–Kier alpha value is -2.76. The molecule has 1 aromatic carbocycles. The van der Waals surface area contributed by atoms with Crippen LogP contribution in [0.3, 0.4) is 0 Å². The Morgan fingerprint density at radius 3 is 2.47 bits per heavy atom. The average molecular weight is 259 g/mol. The van der Waals surface area contributed by atoms with E-state index in [4.69, 9.17) is 15.4 Å². The summed E-state index contributed by atoms with van der Waals surface area (Å²) in [4.78, 5) is 11.8. The zero-order valence-corrected chi connectivity index (χ0v) is 10.3. The van der Waals surface area contributed by atoms with Gasteiger partial charge in [0.25, 0.3) is 5.91 Å². The largest absolute Gasteiger partial charge is 0.456 e. The fourth-order valence-corrected chi connectivity index (χ4v) is 1.53. The van der Waals surface area contributed by atoms with E-state index in [0.717, 1.165) is 0 Å². The van der Waals surface area contributed by atoms with Crippen molar-refractivity contribution in [3.8, 4) is 0 Å². The zero-order chi connectivity index (χ0) is 13.8. The fourth-order valence-electron chi connectivity index (χ4n) is 1.53. The molecule has 6 heteroatoms. The summed E-state index contributed by atoms with van der Waals surface area (Å²) < 4.78 is 5.21. The number of amides is 1. The van der Waals surface area contributed by atoms with E-state index >= 15 is 0 Å². The first-order valence-electron chi connectivity index (χ1n) is 5.56. The molecule has 6 nitrogen and oxygen atoms in total. The van der Waals surface area contributed by atoms with Gasteiger partial charge in [-0.2, -0.15) is 0 Å². The van der Waals surface area contributed by atoms with Crippen molar-refractivity contribution in [1.29, 1.82) is 0 Å². The van der Waals surface area contributed by atoms with Crippen LogP contribution in [-0.2, 0) is 0 Å². The Kier molecular flexibility index (Phi) is 3.51. The van der Waals surface area contributed by atoms with Gasteiger partial charge in [-0.25, -0.2) is 0 Å². The van der Waals surface area contributed by atoms with Crippen LogP contribution < -0.4 is 11.1 Å². The topological polar surface area (TPSA) is 101 Å². The molecule has 0 aliphatic heterocycles. The van der Waals surface area contributed by atoms with Gasteiger partial charge in [0.15, 0.2) is 11.6 Å². The number of hydrogen-bond donors (Lipinski definition) is 3. The number of furan rings is 1. The summed E-state index contributed by atoms with van der Waals surface area (Å²) in [7, 11) is 0. The monoisotopic (exact) mass is 259 g/mol. The highest BCUT2D eigenvalue weighted by Gasteiger charge is 2.10. The number of nitrogens with one attached hydrogen (secondary N) is 1. The number of nitrogens with zero attached hydrogens (tertiary/aromatic N) is 1. The van der Waals surface area contributed by atoms with E-state index < -0.39 is 0 Å². The second-order valence-corrected chi connectivity index (χ2v) is 3.93. The maximum absolute atomic E-state index is 11.8. The summed E-state index contributed by atoms with van der Waals surface area (Å²) in [6.07, 6.45) is 0. The molecule has 0 aliphatic carbocycles. The highest BCUT2D eigenvalue weighted by molar-refractivity contribution is 6.03. The Balaban J connectivity index is 2.10. The summed E-state index contributed by atoms with van der Waals surface area (Å²) in [5.74, 6) is 0.606. The van der Waals surface area contributed by atoms with E-state index in [1.54, 1.807) is 43.3 Å². The maximum Gasteiger partial charge on any atom is 0.291 e. The second-order valence-electron chi connectivity index (χ2n) is 3.93. The van der Waals surface area contributed by atoms with Crippen LogP contribution in [0.25, 0.3) is 0 Å². The standard InChI is InChI=1S/C13H13N3O3/c1-8-2-7-11(19-8)13(17)15-10-5-3-9(4-6-10)12(14)16-18/h2-7,18H,1H3,(H2,14,16)(H,15,17). The lowest BCUT2D eigenvalue weighted by atomic mass is 10.2. The van der Waals surface area contributed by atoms with Crippen LogP contribution in [0.1, 0.15) is 21.9 Å². The van der Waals surface area contributed by atoms with Gasteiger partial charge in [-0.15, -0.1) is 0 Å². The molecule has 2 rings (SSSR count). The van der Waals surface area contributed by atoms with Crippen molar-refractivity contribution in [3.63, 3.8) is 0 Å². The highest BCUT2D eigenvalue weighted by atomic mass is 16.4. The van der Waals surface area contributed by atoms with Crippen LogP contribution in [0.5, 0.6) is 0 Å². The molecule has 0 saturated heterocycles. The molecule has 1 amide bonds. The number of oxime groups is 1. The lowest BCUT2D eigenvalue weighted by molar-refractivity contribution is 0.0995. The smallest absolute Gasteiger partial charge is 0.291 e. The van der Waals surface area contributed by atoms with E-state index in [1.807, 2.05) is 0 Å². The maximum atomic E-state index is 11.8. The summed E-state index contributed by atoms with van der Waals surface area (Å²) in [6, 6.07) is 9.91. The third-order valence-electron chi connectivity index (χ3n) is 2.51. The molecule has 0 spiro atoms. The number of hydrogen-bond acceptors (Lipinski definition) is 4. The third-order valence-corrected chi connectivity index (χ3v) is 2.51. The molecule has 0 saturated carbocycles. The molecule has 0 fully saturated rings. The molecule has 2 aromatic rings. The molecule has 98 valence electrons. The van der Waals surface area contributed by atoms with Crippen molar-refractivity contribution < 1.29 is 14.4 Å². The Morgan fingerprint density at radius 1 is 1.26 bits per heavy atom. The second kappa shape index (κ2) is 5.26. The first kappa shape index (κ1) is 12.7. The Bertz CT molecular complexity index is 614. The van der Waals surface area contributed by atoms with Crippen LogP contribution in [-0.4, -0.2) is 17.0 Å². The summed E-state index contributed by atoms with van der Waals surface area (Å²) in [5, 5.41) is 14.1. The van der Waals surface area contributed by atoms with Gasteiger partial charge in [0.1, 0.15) is 5.76 Å². The van der Waals surface area contributed by atoms with Gasteiger partial charge < -0.3 is 20.7 Å². The predicted octanol–water partition coefficient (Wildman–Crippen LogP) is 1.93. The van der Waals surface area contributed by atoms with Crippen LogP contribution in [0.2, 0.25) is 0 Å². The van der Waals surface area contributed by atoms with Gasteiger partial charge in [-0.05, 0) is 43.3 Å². The van der Waals surface area contributed by atoms with Crippen molar-refractivity contribution in [2.75, 3.05) is 5.32 Å². The summed E-state index contributed by atoms with van der Waals surface area (Å²) in [6.45, 7) is 1.77. The number of benzene rings is 1. The lowest BCUT2D eigenvalue weighted by Gasteiger charge is -2.04. The zero-order valence-electron chi connectivity index (χ0n) is 10.3. The number of aryl methyl sites for hydroxylation is 1. The minimum Gasteiger partial charge on any atom is -0.456 e.